The smallest absolute Gasteiger partial charge is 0.251 e. The van der Waals surface area contributed by atoms with E-state index in [0.717, 1.165) is 5.56 Å². The highest BCUT2D eigenvalue weighted by molar-refractivity contribution is 6.22. The summed E-state index contributed by atoms with van der Waals surface area (Å²) in [7, 11) is 0. The number of halogens is 1. The third-order valence-corrected chi connectivity index (χ3v) is 4.25. The molecular formula is C20H21FN2O3. The summed E-state index contributed by atoms with van der Waals surface area (Å²) in [6.45, 7) is 2.93. The predicted octanol–water partition coefficient (Wildman–Crippen LogP) is 2.69. The molecule has 26 heavy (non-hydrogen) atoms. The molecule has 0 bridgehead atoms. The summed E-state index contributed by atoms with van der Waals surface area (Å²) in [5, 5.41) is 3.10. The fourth-order valence-electron chi connectivity index (χ4n) is 3.00. The molecule has 1 atom stereocenters. The first-order chi connectivity index (χ1) is 12.6. The van der Waals surface area contributed by atoms with Crippen LogP contribution in [0.5, 0.6) is 5.75 Å². The Morgan fingerprint density at radius 1 is 1.19 bits per heavy atom. The average molecular weight is 356 g/mol. The Morgan fingerprint density at radius 2 is 1.96 bits per heavy atom. The van der Waals surface area contributed by atoms with E-state index in [4.69, 9.17) is 4.74 Å². The van der Waals surface area contributed by atoms with Gasteiger partial charge in [-0.25, -0.2) is 9.29 Å². The molecule has 0 spiro atoms. The standard InChI is InChI=1S/C20H21FN2O3/c1-2-26-17-8-6-16(7-9-17)23-19(24)13-18(20(23)25)22-11-10-14-4-3-5-15(21)12-14/h3-9,12,18,22H,2,10-11,13H2,1H3/t18-/m0/s1. The van der Waals surface area contributed by atoms with E-state index in [0.29, 0.717) is 31.0 Å². The Balaban J connectivity index is 1.59. The van der Waals surface area contributed by atoms with Crippen LogP contribution in [-0.4, -0.2) is 31.0 Å². The summed E-state index contributed by atoms with van der Waals surface area (Å²) in [6.07, 6.45) is 0.702. The van der Waals surface area contributed by atoms with E-state index in [-0.39, 0.29) is 24.1 Å². The molecule has 5 nitrogen and oxygen atoms in total. The highest BCUT2D eigenvalue weighted by Crippen LogP contribution is 2.25. The minimum atomic E-state index is -0.553. The number of ether oxygens (including phenoxy) is 1. The minimum absolute atomic E-state index is 0.120. The van der Waals surface area contributed by atoms with Crippen LogP contribution in [0.4, 0.5) is 10.1 Å². The molecule has 1 saturated heterocycles. The summed E-state index contributed by atoms with van der Waals surface area (Å²) in [5.41, 5.74) is 1.38. The van der Waals surface area contributed by atoms with Gasteiger partial charge in [0.15, 0.2) is 0 Å². The van der Waals surface area contributed by atoms with Crippen LogP contribution in [0.15, 0.2) is 48.5 Å². The van der Waals surface area contributed by atoms with Crippen molar-refractivity contribution >= 4 is 17.5 Å². The zero-order valence-corrected chi connectivity index (χ0v) is 14.6. The van der Waals surface area contributed by atoms with Gasteiger partial charge in [-0.15, -0.1) is 0 Å². The van der Waals surface area contributed by atoms with Crippen LogP contribution in [-0.2, 0) is 16.0 Å². The molecule has 2 amide bonds. The van der Waals surface area contributed by atoms with Crippen LogP contribution < -0.4 is 15.0 Å². The number of rotatable bonds is 7. The van der Waals surface area contributed by atoms with Gasteiger partial charge in [0.05, 0.1) is 24.8 Å². The first kappa shape index (κ1) is 18.1. The van der Waals surface area contributed by atoms with Crippen LogP contribution >= 0.6 is 0 Å². The van der Waals surface area contributed by atoms with Crippen molar-refractivity contribution in [3.8, 4) is 5.75 Å². The molecule has 1 N–H and O–H groups in total. The van der Waals surface area contributed by atoms with Crippen LogP contribution in [0.25, 0.3) is 0 Å². The van der Waals surface area contributed by atoms with Gasteiger partial charge < -0.3 is 10.1 Å². The minimum Gasteiger partial charge on any atom is -0.494 e. The van der Waals surface area contributed by atoms with E-state index in [1.54, 1.807) is 30.3 Å². The summed E-state index contributed by atoms with van der Waals surface area (Å²) >= 11 is 0. The van der Waals surface area contributed by atoms with Crippen molar-refractivity contribution in [2.75, 3.05) is 18.1 Å². The second-order valence-electron chi connectivity index (χ2n) is 6.09. The van der Waals surface area contributed by atoms with Gasteiger partial charge in [-0.3, -0.25) is 9.59 Å². The van der Waals surface area contributed by atoms with Crippen LogP contribution in [0.3, 0.4) is 0 Å². The van der Waals surface area contributed by atoms with Gasteiger partial charge in [-0.05, 0) is 61.9 Å². The van der Waals surface area contributed by atoms with Crippen molar-refractivity contribution in [2.24, 2.45) is 0 Å². The Labute approximate surface area is 151 Å². The quantitative estimate of drug-likeness (QED) is 0.775. The van der Waals surface area contributed by atoms with E-state index in [9.17, 15) is 14.0 Å². The summed E-state index contributed by atoms with van der Waals surface area (Å²) in [4.78, 5) is 26.0. The van der Waals surface area contributed by atoms with E-state index in [2.05, 4.69) is 5.32 Å². The summed E-state index contributed by atoms with van der Waals surface area (Å²) in [6, 6.07) is 12.7. The summed E-state index contributed by atoms with van der Waals surface area (Å²) in [5.74, 6) is -0.0859. The number of hydrogen-bond donors (Lipinski definition) is 1. The number of nitrogens with zero attached hydrogens (tertiary/aromatic N) is 1. The first-order valence-corrected chi connectivity index (χ1v) is 8.66. The van der Waals surface area contributed by atoms with Crippen molar-refractivity contribution in [3.05, 3.63) is 59.9 Å². The van der Waals surface area contributed by atoms with Crippen LogP contribution in [0.2, 0.25) is 0 Å². The van der Waals surface area contributed by atoms with Gasteiger partial charge in [-0.2, -0.15) is 0 Å². The zero-order valence-electron chi connectivity index (χ0n) is 14.6. The molecule has 6 heteroatoms. The average Bonchev–Trinajstić information content (AvgIpc) is 2.90. The monoisotopic (exact) mass is 356 g/mol. The molecule has 1 aliphatic heterocycles. The van der Waals surface area contributed by atoms with Gasteiger partial charge >= 0.3 is 0 Å². The van der Waals surface area contributed by atoms with E-state index in [1.165, 1.54) is 17.0 Å². The lowest BCUT2D eigenvalue weighted by Gasteiger charge is -2.16. The van der Waals surface area contributed by atoms with Crippen molar-refractivity contribution in [1.82, 2.24) is 5.32 Å². The SMILES string of the molecule is CCOc1ccc(N2C(=O)C[C@H](NCCc3cccc(F)c3)C2=O)cc1. The molecule has 0 unspecified atom stereocenters. The van der Waals surface area contributed by atoms with Crippen molar-refractivity contribution in [1.29, 1.82) is 0 Å². The van der Waals surface area contributed by atoms with Gasteiger partial charge in [0.1, 0.15) is 11.6 Å². The van der Waals surface area contributed by atoms with Gasteiger partial charge in [0.2, 0.25) is 5.91 Å². The molecule has 1 fully saturated rings. The van der Waals surface area contributed by atoms with E-state index >= 15 is 0 Å². The number of imide groups is 1. The molecule has 0 aliphatic carbocycles. The second-order valence-corrected chi connectivity index (χ2v) is 6.09. The number of carbonyl (C=O) groups is 2. The Kier molecular flexibility index (Phi) is 5.63. The normalized spacial score (nSPS) is 17.0. The molecule has 2 aromatic carbocycles. The second kappa shape index (κ2) is 8.10. The molecule has 0 radical (unpaired) electrons. The molecule has 2 aromatic rings. The molecule has 3 rings (SSSR count). The van der Waals surface area contributed by atoms with Crippen LogP contribution in [0.1, 0.15) is 18.9 Å². The van der Waals surface area contributed by atoms with E-state index in [1.807, 2.05) is 13.0 Å². The maximum atomic E-state index is 13.2. The molecule has 0 saturated carbocycles. The third kappa shape index (κ3) is 4.08. The third-order valence-electron chi connectivity index (χ3n) is 4.25. The number of benzene rings is 2. The molecule has 1 aliphatic rings. The largest absolute Gasteiger partial charge is 0.494 e. The fourth-order valence-corrected chi connectivity index (χ4v) is 3.00. The molecule has 136 valence electrons. The zero-order chi connectivity index (χ0) is 18.5. The lowest BCUT2D eigenvalue weighted by molar-refractivity contribution is -0.121. The maximum Gasteiger partial charge on any atom is 0.251 e. The number of carbonyl (C=O) groups excluding carboxylic acids is 2. The highest BCUT2D eigenvalue weighted by atomic mass is 19.1. The predicted molar refractivity (Wildman–Crippen MR) is 96.6 cm³/mol. The van der Waals surface area contributed by atoms with E-state index < -0.39 is 6.04 Å². The lowest BCUT2D eigenvalue weighted by atomic mass is 10.1. The van der Waals surface area contributed by atoms with Gasteiger partial charge in [0.25, 0.3) is 5.91 Å². The molecular weight excluding hydrogens is 335 g/mol. The Hall–Kier alpha value is -2.73. The lowest BCUT2D eigenvalue weighted by Crippen LogP contribution is -2.39. The fraction of sp³-hybridized carbons (Fsp3) is 0.300. The number of anilines is 1. The number of hydrogen-bond acceptors (Lipinski definition) is 4. The number of amides is 2. The van der Waals surface area contributed by atoms with Gasteiger partial charge in [-0.1, -0.05) is 12.1 Å². The van der Waals surface area contributed by atoms with Crippen LogP contribution in [0, 0.1) is 5.82 Å². The van der Waals surface area contributed by atoms with Gasteiger partial charge in [0, 0.05) is 0 Å². The Morgan fingerprint density at radius 3 is 2.65 bits per heavy atom. The first-order valence-electron chi connectivity index (χ1n) is 8.66. The highest BCUT2D eigenvalue weighted by Gasteiger charge is 2.39. The topological polar surface area (TPSA) is 58.6 Å². The molecule has 0 aromatic heterocycles. The maximum absolute atomic E-state index is 13.2. The van der Waals surface area contributed by atoms with Crippen molar-refractivity contribution < 1.29 is 18.7 Å². The number of nitrogens with one attached hydrogen (secondary N) is 1. The van der Waals surface area contributed by atoms with Crippen molar-refractivity contribution in [2.45, 2.75) is 25.8 Å². The molecule has 1 heterocycles. The Bertz CT molecular complexity index is 792. The summed E-state index contributed by atoms with van der Waals surface area (Å²) < 4.78 is 18.6. The van der Waals surface area contributed by atoms with Crippen molar-refractivity contribution in [3.63, 3.8) is 0 Å².